The van der Waals surface area contributed by atoms with Crippen LogP contribution >= 0.6 is 11.6 Å². The predicted molar refractivity (Wildman–Crippen MR) is 135 cm³/mol. The third-order valence-corrected chi connectivity index (χ3v) is 7.33. The highest BCUT2D eigenvalue weighted by Crippen LogP contribution is 2.43. The van der Waals surface area contributed by atoms with Crippen LogP contribution in [0.25, 0.3) is 0 Å². The average molecular weight is 540 g/mol. The minimum atomic E-state index is -4.48. The van der Waals surface area contributed by atoms with Crippen LogP contribution in [0.15, 0.2) is 48.7 Å². The van der Waals surface area contributed by atoms with Crippen LogP contribution < -0.4 is 19.3 Å². The number of alkyl halides is 3. The van der Waals surface area contributed by atoms with Gasteiger partial charge in [0.15, 0.2) is 0 Å². The van der Waals surface area contributed by atoms with E-state index in [4.69, 9.17) is 21.1 Å². The van der Waals surface area contributed by atoms with Crippen LogP contribution in [0.4, 0.5) is 24.5 Å². The molecule has 0 radical (unpaired) electrons. The second-order valence-electron chi connectivity index (χ2n) is 9.48. The molecule has 1 N–H and O–H groups in total. The molecule has 4 rings (SSSR count). The van der Waals surface area contributed by atoms with E-state index in [1.54, 1.807) is 37.6 Å². The lowest BCUT2D eigenvalue weighted by molar-refractivity contribution is -0.158. The lowest BCUT2D eigenvalue weighted by Crippen LogP contribution is -2.44. The molecule has 2 fully saturated rings. The number of nitrogens with zero attached hydrogens (tertiary/aromatic N) is 3. The number of hydrogen-bond donors (Lipinski definition) is 1. The van der Waals surface area contributed by atoms with Crippen molar-refractivity contribution in [3.63, 3.8) is 0 Å². The molecule has 0 amide bonds. The molecule has 11 heteroatoms. The van der Waals surface area contributed by atoms with Crippen LogP contribution in [-0.4, -0.2) is 61.1 Å². The standard InChI is InChI=1S/C26H29ClF3N3O4/c1-15-13-32(22-10-24(36-3)31-12-20(22)27)9-8-23(15)37-18-6-4-17(5-7-18)33-14-19(26(28,29)30)16(2)21(33)11-25(34)35/h4-7,10,12,15,19,21,23H,2,8-9,11,13-14H2,1,3H3,(H,34,35)/t15?,19-,21-,23?/m0/s1. The number of carbonyl (C=O) groups is 1. The van der Waals surface area contributed by atoms with Crippen molar-refractivity contribution < 1.29 is 32.5 Å². The first-order chi connectivity index (χ1) is 17.5. The molecule has 1 aromatic carbocycles. The molecule has 0 saturated carbocycles. The Hall–Kier alpha value is -3.14. The van der Waals surface area contributed by atoms with Gasteiger partial charge in [0.2, 0.25) is 5.88 Å². The van der Waals surface area contributed by atoms with Crippen LogP contribution in [0.5, 0.6) is 11.6 Å². The van der Waals surface area contributed by atoms with Gasteiger partial charge in [0, 0.05) is 43.7 Å². The van der Waals surface area contributed by atoms with E-state index < -0.39 is 30.5 Å². The normalized spacial score (nSPS) is 24.3. The Balaban J connectivity index is 1.43. The Labute approximate surface area is 218 Å². The highest BCUT2D eigenvalue weighted by molar-refractivity contribution is 6.33. The zero-order valence-corrected chi connectivity index (χ0v) is 21.3. The Kier molecular flexibility index (Phi) is 7.77. The van der Waals surface area contributed by atoms with E-state index in [-0.39, 0.29) is 24.1 Å². The topological polar surface area (TPSA) is 75.1 Å². The van der Waals surface area contributed by atoms with Crippen molar-refractivity contribution in [1.29, 1.82) is 0 Å². The summed E-state index contributed by atoms with van der Waals surface area (Å²) in [6.45, 7) is 6.73. The largest absolute Gasteiger partial charge is 0.490 e. The first kappa shape index (κ1) is 26.9. The number of aliphatic carboxylic acids is 1. The molecular formula is C26H29ClF3N3O4. The summed E-state index contributed by atoms with van der Waals surface area (Å²) in [5.74, 6) is -1.70. The summed E-state index contributed by atoms with van der Waals surface area (Å²) >= 11 is 6.35. The number of ether oxygens (including phenoxy) is 2. The summed E-state index contributed by atoms with van der Waals surface area (Å²) in [5.41, 5.74) is 1.22. The fourth-order valence-corrected chi connectivity index (χ4v) is 5.27. The lowest BCUT2D eigenvalue weighted by atomic mass is 9.96. The molecule has 4 atom stereocenters. The summed E-state index contributed by atoms with van der Waals surface area (Å²) in [7, 11) is 1.55. The number of halogens is 4. The fraction of sp³-hybridized carbons (Fsp3) is 0.462. The van der Waals surface area contributed by atoms with Gasteiger partial charge in [-0.05, 0) is 29.8 Å². The van der Waals surface area contributed by atoms with Crippen molar-refractivity contribution in [2.45, 2.75) is 38.1 Å². The van der Waals surface area contributed by atoms with Crippen molar-refractivity contribution in [2.75, 3.05) is 36.5 Å². The third kappa shape index (κ3) is 5.89. The molecule has 2 saturated heterocycles. The molecule has 7 nitrogen and oxygen atoms in total. The van der Waals surface area contributed by atoms with Crippen molar-refractivity contribution in [2.24, 2.45) is 11.8 Å². The number of methoxy groups -OCH3 is 1. The van der Waals surface area contributed by atoms with Gasteiger partial charge in [0.1, 0.15) is 11.9 Å². The predicted octanol–water partition coefficient (Wildman–Crippen LogP) is 5.44. The summed E-state index contributed by atoms with van der Waals surface area (Å²) < 4.78 is 51.9. The van der Waals surface area contributed by atoms with Crippen molar-refractivity contribution in [1.82, 2.24) is 4.98 Å². The molecule has 2 unspecified atom stereocenters. The number of rotatable bonds is 7. The highest BCUT2D eigenvalue weighted by Gasteiger charge is 2.50. The molecule has 1 aromatic heterocycles. The minimum absolute atomic E-state index is 0.0643. The number of aromatic nitrogens is 1. The first-order valence-electron chi connectivity index (χ1n) is 11.9. The second kappa shape index (κ2) is 10.7. The van der Waals surface area contributed by atoms with Crippen molar-refractivity contribution in [3.05, 3.63) is 53.7 Å². The van der Waals surface area contributed by atoms with Gasteiger partial charge in [-0.15, -0.1) is 0 Å². The number of carboxylic acid groups (broad SMARTS) is 1. The first-order valence-corrected chi connectivity index (χ1v) is 12.3. The molecule has 2 aliphatic heterocycles. The van der Waals surface area contributed by atoms with E-state index in [1.165, 1.54) is 4.90 Å². The number of hydrogen-bond acceptors (Lipinski definition) is 6. The van der Waals surface area contributed by atoms with Crippen LogP contribution in [-0.2, 0) is 4.79 Å². The van der Waals surface area contributed by atoms with Crippen LogP contribution in [0.1, 0.15) is 19.8 Å². The quantitative estimate of drug-likeness (QED) is 0.470. The molecule has 37 heavy (non-hydrogen) atoms. The van der Waals surface area contributed by atoms with Crippen LogP contribution in [0.3, 0.4) is 0 Å². The maximum Gasteiger partial charge on any atom is 0.397 e. The maximum absolute atomic E-state index is 13.5. The fourth-order valence-electron chi connectivity index (χ4n) is 5.05. The summed E-state index contributed by atoms with van der Waals surface area (Å²) in [6.07, 6.45) is -2.69. The molecule has 2 aliphatic rings. The van der Waals surface area contributed by atoms with Gasteiger partial charge in [-0.2, -0.15) is 13.2 Å². The summed E-state index contributed by atoms with van der Waals surface area (Å²) in [5, 5.41) is 9.78. The number of anilines is 2. The zero-order valence-electron chi connectivity index (χ0n) is 20.5. The minimum Gasteiger partial charge on any atom is -0.490 e. The second-order valence-corrected chi connectivity index (χ2v) is 9.88. The summed E-state index contributed by atoms with van der Waals surface area (Å²) in [6, 6.07) is 7.63. The van der Waals surface area contributed by atoms with E-state index >= 15 is 0 Å². The lowest BCUT2D eigenvalue weighted by Gasteiger charge is -2.38. The van der Waals surface area contributed by atoms with Gasteiger partial charge in [-0.1, -0.05) is 25.1 Å². The van der Waals surface area contributed by atoms with Gasteiger partial charge in [-0.25, -0.2) is 4.98 Å². The van der Waals surface area contributed by atoms with Gasteiger partial charge in [0.05, 0.1) is 42.4 Å². The molecule has 3 heterocycles. The van der Waals surface area contributed by atoms with Gasteiger partial charge >= 0.3 is 12.1 Å². The van der Waals surface area contributed by atoms with Crippen molar-refractivity contribution >= 4 is 28.9 Å². The van der Waals surface area contributed by atoms with E-state index in [1.807, 2.05) is 6.07 Å². The number of carboxylic acids is 1. The van der Waals surface area contributed by atoms with Crippen molar-refractivity contribution in [3.8, 4) is 11.6 Å². The molecule has 200 valence electrons. The Bertz CT molecular complexity index is 1140. The van der Waals surface area contributed by atoms with Gasteiger partial charge < -0.3 is 24.4 Å². The smallest absolute Gasteiger partial charge is 0.397 e. The SMILES string of the molecule is C=C1[C@H](CC(=O)O)N(c2ccc(OC3CCN(c4cc(OC)ncc4Cl)CC3C)cc2)C[C@@H]1C(F)(F)F. The Morgan fingerprint density at radius 1 is 1.27 bits per heavy atom. The Morgan fingerprint density at radius 3 is 2.57 bits per heavy atom. The van der Waals surface area contributed by atoms with E-state index in [0.717, 1.165) is 12.1 Å². The highest BCUT2D eigenvalue weighted by atomic mass is 35.5. The zero-order chi connectivity index (χ0) is 26.9. The van der Waals surface area contributed by atoms with E-state index in [2.05, 4.69) is 23.4 Å². The average Bonchev–Trinajstić information content (AvgIpc) is 3.17. The van der Waals surface area contributed by atoms with Crippen LogP contribution in [0.2, 0.25) is 5.02 Å². The maximum atomic E-state index is 13.5. The monoisotopic (exact) mass is 539 g/mol. The molecular weight excluding hydrogens is 511 g/mol. The van der Waals surface area contributed by atoms with Gasteiger partial charge in [-0.3, -0.25) is 4.79 Å². The third-order valence-electron chi connectivity index (χ3n) is 7.04. The number of benzene rings is 1. The van der Waals surface area contributed by atoms with E-state index in [9.17, 15) is 23.1 Å². The molecule has 0 bridgehead atoms. The molecule has 0 spiro atoms. The van der Waals surface area contributed by atoms with Crippen LogP contribution in [0, 0.1) is 11.8 Å². The number of piperidine rings is 1. The Morgan fingerprint density at radius 2 is 1.97 bits per heavy atom. The molecule has 2 aromatic rings. The van der Waals surface area contributed by atoms with Gasteiger partial charge in [0.25, 0.3) is 0 Å². The molecule has 0 aliphatic carbocycles. The summed E-state index contributed by atoms with van der Waals surface area (Å²) in [4.78, 5) is 19.1. The van der Waals surface area contributed by atoms with E-state index in [0.29, 0.717) is 35.4 Å². The number of pyridine rings is 1.